The molecule has 1 heterocycles. The van der Waals surface area contributed by atoms with Gasteiger partial charge >= 0.3 is 0 Å². The number of para-hydroxylation sites is 1. The molecule has 1 aromatic heterocycles. The molecule has 174 valence electrons. The van der Waals surface area contributed by atoms with E-state index in [1.165, 1.54) is 11.1 Å². The first-order valence-electron chi connectivity index (χ1n) is 11.4. The topological polar surface area (TPSA) is 27.0 Å². The summed E-state index contributed by atoms with van der Waals surface area (Å²) in [5, 5.41) is 5.40. The van der Waals surface area contributed by atoms with Gasteiger partial charge in [0, 0.05) is 31.5 Å². The second-order valence-electron chi connectivity index (χ2n) is 8.76. The van der Waals surface area contributed by atoms with Crippen LogP contribution in [-0.4, -0.2) is 4.98 Å². The zero-order valence-electron chi connectivity index (χ0n) is 20.8. The Morgan fingerprint density at radius 2 is 1.32 bits per heavy atom. The number of pyridine rings is 1. The van der Waals surface area contributed by atoms with E-state index in [0.29, 0.717) is 11.8 Å². The molecule has 0 bridgehead atoms. The Labute approximate surface area is 224 Å². The quantitative estimate of drug-likeness (QED) is 0.151. The van der Waals surface area contributed by atoms with Crippen LogP contribution in [0.3, 0.4) is 0 Å². The van der Waals surface area contributed by atoms with Crippen LogP contribution in [0.15, 0.2) is 91.0 Å². The van der Waals surface area contributed by atoms with Gasteiger partial charge in [0.2, 0.25) is 0 Å². The Kier molecular flexibility index (Phi) is 10.4. The maximum atomic E-state index is 5.40. The second-order valence-corrected chi connectivity index (χ2v) is 8.76. The summed E-state index contributed by atoms with van der Waals surface area (Å²) in [7, 11) is 0. The zero-order valence-corrected chi connectivity index (χ0v) is 24.4. The molecule has 0 saturated heterocycles. The maximum absolute atomic E-state index is 5.40. The molecule has 0 spiro atoms. The fraction of sp³-hybridized carbons (Fsp3) is 0.226. The van der Waals surface area contributed by atoms with Crippen molar-refractivity contribution in [1.82, 2.24) is 4.98 Å². The van der Waals surface area contributed by atoms with E-state index in [-0.39, 0.29) is 39.3 Å². The molecule has 0 radical (unpaired) electrons. The molecule has 0 aliphatic heterocycles. The molecule has 4 aromatic rings. The van der Waals surface area contributed by atoms with Crippen molar-refractivity contribution in [2.24, 2.45) is 0 Å². The number of hydrogen-bond donors (Lipinski definition) is 0. The van der Waals surface area contributed by atoms with E-state index in [4.69, 9.17) is 10.3 Å². The first-order chi connectivity index (χ1) is 15.5. The molecule has 1 atom stereocenters. The number of benzene rings is 3. The largest absolute Gasteiger partial charge is 0.673 e. The summed E-state index contributed by atoms with van der Waals surface area (Å²) in [6.45, 7) is 8.94. The number of rotatable bonds is 7. The monoisotopic (exact) mass is 613 g/mol. The minimum atomic E-state index is -0.183. The van der Waals surface area contributed by atoms with Crippen molar-refractivity contribution in [2.75, 3.05) is 0 Å². The van der Waals surface area contributed by atoms with E-state index in [9.17, 15) is 0 Å². The molecule has 0 aliphatic carbocycles. The standard InChI is InChI=1S/C30H30N2.CH3.Hf/c1-21(2)25-17-11-18-26(22(3)4)30(25)32-29(24-15-9-6-10-16-24)28-20-12-19-27(31-28)23-13-7-5-8-14-23;;/h5-13,15-22,29H,1-4H3;1H3;/q-2;-1;. The third kappa shape index (κ3) is 6.33. The Morgan fingerprint density at radius 3 is 1.91 bits per heavy atom. The van der Waals surface area contributed by atoms with Crippen LogP contribution in [0.25, 0.3) is 16.6 Å². The third-order valence-corrected chi connectivity index (χ3v) is 5.75. The summed E-state index contributed by atoms with van der Waals surface area (Å²) in [5.41, 5.74) is 7.66. The van der Waals surface area contributed by atoms with Crippen molar-refractivity contribution in [3.05, 3.63) is 132 Å². The van der Waals surface area contributed by atoms with E-state index < -0.39 is 0 Å². The van der Waals surface area contributed by atoms with Crippen LogP contribution in [0, 0.1) is 13.5 Å². The molecular formula is C31H33HfN2-3. The number of aromatic nitrogens is 1. The first kappa shape index (κ1) is 27.7. The molecule has 0 aliphatic rings. The molecule has 34 heavy (non-hydrogen) atoms. The van der Waals surface area contributed by atoms with Gasteiger partial charge in [-0.25, -0.2) is 0 Å². The van der Waals surface area contributed by atoms with Crippen LogP contribution in [0.2, 0.25) is 0 Å². The average Bonchev–Trinajstić information content (AvgIpc) is 2.83. The summed E-state index contributed by atoms with van der Waals surface area (Å²) >= 11 is 0. The Bertz CT molecular complexity index is 1130. The summed E-state index contributed by atoms with van der Waals surface area (Å²) in [4.78, 5) is 5.04. The molecule has 4 rings (SSSR count). The summed E-state index contributed by atoms with van der Waals surface area (Å²) < 4.78 is 0. The van der Waals surface area contributed by atoms with Gasteiger partial charge in [-0.1, -0.05) is 105 Å². The van der Waals surface area contributed by atoms with E-state index in [0.717, 1.165) is 28.2 Å². The Hall–Kier alpha value is -2.52. The molecule has 0 saturated carbocycles. The average molecular weight is 612 g/mol. The minimum Gasteiger partial charge on any atom is -0.673 e. The number of hydrogen-bond acceptors (Lipinski definition) is 1. The van der Waals surface area contributed by atoms with Gasteiger partial charge in [-0.05, 0) is 29.6 Å². The van der Waals surface area contributed by atoms with Gasteiger partial charge in [-0.15, -0.1) is 41.6 Å². The fourth-order valence-corrected chi connectivity index (χ4v) is 4.04. The van der Waals surface area contributed by atoms with Crippen molar-refractivity contribution in [3.8, 4) is 11.3 Å². The molecule has 0 fully saturated rings. The van der Waals surface area contributed by atoms with Crippen molar-refractivity contribution < 1.29 is 25.8 Å². The van der Waals surface area contributed by atoms with Gasteiger partial charge in [0.15, 0.2) is 0 Å². The zero-order chi connectivity index (χ0) is 22.5. The smallest absolute Gasteiger partial charge is 0.0195 e. The summed E-state index contributed by atoms with van der Waals surface area (Å²) in [6.07, 6.45) is 0. The molecule has 0 N–H and O–H groups in total. The van der Waals surface area contributed by atoms with Crippen LogP contribution in [0.1, 0.15) is 68.0 Å². The SMILES string of the molecule is CC(C)c1cccc(C(C)C)c1[N-]C(c1ccccc1)c1cccc(-c2[c-]cccc2)n1.[CH3-].[Hf]. The molecule has 1 unspecified atom stereocenters. The van der Waals surface area contributed by atoms with Crippen LogP contribution >= 0.6 is 0 Å². The van der Waals surface area contributed by atoms with Crippen LogP contribution in [0.5, 0.6) is 0 Å². The van der Waals surface area contributed by atoms with Gasteiger partial charge in [-0.3, -0.25) is 0 Å². The van der Waals surface area contributed by atoms with Gasteiger partial charge in [-0.2, -0.15) is 0 Å². The number of nitrogens with zero attached hydrogens (tertiary/aromatic N) is 2. The Balaban J connectivity index is 0.00000204. The molecule has 3 heteroatoms. The summed E-state index contributed by atoms with van der Waals surface area (Å²) in [5.74, 6) is 0.782. The molecular weight excluding hydrogens is 579 g/mol. The van der Waals surface area contributed by atoms with E-state index in [2.05, 4.69) is 88.4 Å². The van der Waals surface area contributed by atoms with Crippen molar-refractivity contribution in [2.45, 2.75) is 45.6 Å². The maximum Gasteiger partial charge on any atom is 0.0195 e. The second kappa shape index (κ2) is 12.8. The molecule has 0 amide bonds. The van der Waals surface area contributed by atoms with E-state index in [1.54, 1.807) is 0 Å². The van der Waals surface area contributed by atoms with Crippen LogP contribution in [0.4, 0.5) is 5.69 Å². The van der Waals surface area contributed by atoms with Crippen molar-refractivity contribution in [3.63, 3.8) is 0 Å². The predicted molar refractivity (Wildman–Crippen MR) is 141 cm³/mol. The first-order valence-corrected chi connectivity index (χ1v) is 11.4. The van der Waals surface area contributed by atoms with Gasteiger partial charge < -0.3 is 17.7 Å². The summed E-state index contributed by atoms with van der Waals surface area (Å²) in [6, 6.07) is 34.3. The predicted octanol–water partition coefficient (Wildman–Crippen LogP) is 9.04. The van der Waals surface area contributed by atoms with Crippen molar-refractivity contribution in [1.29, 1.82) is 0 Å². The van der Waals surface area contributed by atoms with E-state index in [1.807, 2.05) is 36.4 Å². The third-order valence-electron chi connectivity index (χ3n) is 5.75. The van der Waals surface area contributed by atoms with E-state index >= 15 is 0 Å². The van der Waals surface area contributed by atoms with Crippen LogP contribution < -0.4 is 0 Å². The fourth-order valence-electron chi connectivity index (χ4n) is 4.04. The Morgan fingerprint density at radius 1 is 0.706 bits per heavy atom. The minimum absolute atomic E-state index is 0. The van der Waals surface area contributed by atoms with Gasteiger partial charge in [0.25, 0.3) is 0 Å². The molecule has 3 aromatic carbocycles. The van der Waals surface area contributed by atoms with Crippen molar-refractivity contribution >= 4 is 5.69 Å². The normalized spacial score (nSPS) is 11.5. The van der Waals surface area contributed by atoms with Crippen LogP contribution in [-0.2, 0) is 25.8 Å². The van der Waals surface area contributed by atoms with Gasteiger partial charge in [0.1, 0.15) is 0 Å². The molecule has 2 nitrogen and oxygen atoms in total. The van der Waals surface area contributed by atoms with Gasteiger partial charge in [0.05, 0.1) is 0 Å².